The Balaban J connectivity index is 0.00000280. The van der Waals surface area contributed by atoms with Gasteiger partial charge in [-0.2, -0.15) is 4.31 Å². The number of rotatable bonds is 3. The molecule has 0 radical (unpaired) electrons. The van der Waals surface area contributed by atoms with Crippen molar-refractivity contribution >= 4 is 34.0 Å². The molecule has 2 aromatic rings. The fourth-order valence-corrected chi connectivity index (χ4v) is 5.03. The first-order valence-electron chi connectivity index (χ1n) is 8.93. The quantitative estimate of drug-likeness (QED) is 0.769. The minimum absolute atomic E-state index is 0. The number of amides is 1. The number of hydrogen-bond donors (Lipinski definition) is 1. The highest BCUT2D eigenvalue weighted by atomic mass is 35.5. The van der Waals surface area contributed by atoms with Crippen LogP contribution < -0.4 is 5.73 Å². The summed E-state index contributed by atoms with van der Waals surface area (Å²) in [5, 5.41) is 0. The highest BCUT2D eigenvalue weighted by Crippen LogP contribution is 2.23. The van der Waals surface area contributed by atoms with E-state index in [1.165, 1.54) is 4.31 Å². The summed E-state index contributed by atoms with van der Waals surface area (Å²) in [6.45, 7) is 6.82. The van der Waals surface area contributed by atoms with E-state index in [0.717, 1.165) is 16.7 Å². The lowest BCUT2D eigenvalue weighted by atomic mass is 10.1. The molecule has 8 heteroatoms. The van der Waals surface area contributed by atoms with Crippen LogP contribution in [-0.2, 0) is 10.0 Å². The molecule has 2 N–H and O–H groups in total. The van der Waals surface area contributed by atoms with Gasteiger partial charge in [-0.1, -0.05) is 18.2 Å². The van der Waals surface area contributed by atoms with Gasteiger partial charge in [-0.25, -0.2) is 8.42 Å². The fraction of sp³-hybridized carbons (Fsp3) is 0.350. The van der Waals surface area contributed by atoms with Crippen LogP contribution in [-0.4, -0.2) is 49.7 Å². The Morgan fingerprint density at radius 1 is 0.929 bits per heavy atom. The van der Waals surface area contributed by atoms with E-state index in [1.54, 1.807) is 30.0 Å². The standard InChI is InChI=1S/C20H25N3O3S.ClH/c1-14-4-5-16(3)19(12-14)27(25,26)23-10-8-22(9-11-23)20(24)18-13-17(21)7-6-15(18)2;/h4-7,12-13H,8-11,21H2,1-3H3;1H. The van der Waals surface area contributed by atoms with E-state index in [-0.39, 0.29) is 31.4 Å². The molecule has 1 heterocycles. The van der Waals surface area contributed by atoms with Gasteiger partial charge in [0.2, 0.25) is 10.0 Å². The smallest absolute Gasteiger partial charge is 0.254 e. The van der Waals surface area contributed by atoms with E-state index in [0.29, 0.717) is 29.2 Å². The van der Waals surface area contributed by atoms with Gasteiger partial charge >= 0.3 is 0 Å². The first kappa shape index (κ1) is 22.2. The molecular weight excluding hydrogens is 398 g/mol. The molecule has 152 valence electrons. The van der Waals surface area contributed by atoms with Gasteiger partial charge in [0.25, 0.3) is 5.91 Å². The summed E-state index contributed by atoms with van der Waals surface area (Å²) in [5.41, 5.74) is 9.42. The summed E-state index contributed by atoms with van der Waals surface area (Å²) in [6, 6.07) is 10.7. The van der Waals surface area contributed by atoms with Crippen molar-refractivity contribution in [2.24, 2.45) is 0 Å². The van der Waals surface area contributed by atoms with Crippen LogP contribution in [0.2, 0.25) is 0 Å². The van der Waals surface area contributed by atoms with Crippen molar-refractivity contribution < 1.29 is 13.2 Å². The van der Waals surface area contributed by atoms with Crippen molar-refractivity contribution in [2.45, 2.75) is 25.7 Å². The number of sulfonamides is 1. The predicted molar refractivity (Wildman–Crippen MR) is 113 cm³/mol. The van der Waals surface area contributed by atoms with E-state index >= 15 is 0 Å². The monoisotopic (exact) mass is 423 g/mol. The Morgan fingerprint density at radius 3 is 2.18 bits per heavy atom. The number of benzene rings is 2. The fourth-order valence-electron chi connectivity index (χ4n) is 3.30. The van der Waals surface area contributed by atoms with Crippen LogP contribution in [0, 0.1) is 20.8 Å². The molecule has 0 atom stereocenters. The Labute approximate surface area is 172 Å². The molecule has 0 aromatic heterocycles. The van der Waals surface area contributed by atoms with Crippen molar-refractivity contribution in [2.75, 3.05) is 31.9 Å². The molecule has 1 saturated heterocycles. The van der Waals surface area contributed by atoms with Gasteiger partial charge in [-0.15, -0.1) is 12.4 Å². The number of hydrogen-bond acceptors (Lipinski definition) is 4. The summed E-state index contributed by atoms with van der Waals surface area (Å²) in [7, 11) is -3.57. The summed E-state index contributed by atoms with van der Waals surface area (Å²) in [6.07, 6.45) is 0. The van der Waals surface area contributed by atoms with Crippen molar-refractivity contribution in [3.05, 3.63) is 58.7 Å². The molecule has 0 spiro atoms. The van der Waals surface area contributed by atoms with Gasteiger partial charge < -0.3 is 10.6 Å². The minimum Gasteiger partial charge on any atom is -0.399 e. The second kappa shape index (κ2) is 8.51. The van der Waals surface area contributed by atoms with Gasteiger partial charge in [0.15, 0.2) is 0 Å². The van der Waals surface area contributed by atoms with Crippen molar-refractivity contribution in [3.63, 3.8) is 0 Å². The first-order chi connectivity index (χ1) is 12.7. The zero-order valence-corrected chi connectivity index (χ0v) is 17.9. The molecule has 3 rings (SSSR count). The Morgan fingerprint density at radius 2 is 1.54 bits per heavy atom. The number of nitrogen functional groups attached to an aromatic ring is 1. The number of nitrogens with two attached hydrogens (primary N) is 1. The minimum atomic E-state index is -3.57. The molecular formula is C20H26ClN3O3S. The van der Waals surface area contributed by atoms with E-state index < -0.39 is 10.0 Å². The maximum atomic E-state index is 13.0. The zero-order chi connectivity index (χ0) is 19.8. The molecule has 1 aliphatic heterocycles. The number of anilines is 1. The van der Waals surface area contributed by atoms with Gasteiger partial charge in [-0.3, -0.25) is 4.79 Å². The van der Waals surface area contributed by atoms with Crippen LogP contribution in [0.25, 0.3) is 0 Å². The first-order valence-corrected chi connectivity index (χ1v) is 10.4. The average Bonchev–Trinajstić information content (AvgIpc) is 2.65. The van der Waals surface area contributed by atoms with Crippen LogP contribution in [0.15, 0.2) is 41.3 Å². The Bertz CT molecular complexity index is 984. The highest BCUT2D eigenvalue weighted by Gasteiger charge is 2.31. The molecule has 2 aromatic carbocycles. The lowest BCUT2D eigenvalue weighted by molar-refractivity contribution is 0.0697. The van der Waals surface area contributed by atoms with Crippen LogP contribution >= 0.6 is 12.4 Å². The normalized spacial score (nSPS) is 15.2. The van der Waals surface area contributed by atoms with E-state index in [4.69, 9.17) is 5.73 Å². The van der Waals surface area contributed by atoms with Crippen LogP contribution in [0.5, 0.6) is 0 Å². The SMILES string of the molecule is Cc1ccc(C)c(S(=O)(=O)N2CCN(C(=O)c3cc(N)ccc3C)CC2)c1.Cl. The second-order valence-corrected chi connectivity index (χ2v) is 8.95. The summed E-state index contributed by atoms with van der Waals surface area (Å²) >= 11 is 0. The van der Waals surface area contributed by atoms with Crippen molar-refractivity contribution in [1.29, 1.82) is 0 Å². The molecule has 6 nitrogen and oxygen atoms in total. The maximum absolute atomic E-state index is 13.0. The lowest BCUT2D eigenvalue weighted by Gasteiger charge is -2.34. The molecule has 1 aliphatic rings. The van der Waals surface area contributed by atoms with Gasteiger partial charge in [-0.05, 0) is 55.7 Å². The third-order valence-corrected chi connectivity index (χ3v) is 7.02. The third-order valence-electron chi connectivity index (χ3n) is 4.98. The second-order valence-electron chi connectivity index (χ2n) is 7.04. The topological polar surface area (TPSA) is 83.7 Å². The molecule has 0 bridgehead atoms. The molecule has 0 unspecified atom stereocenters. The van der Waals surface area contributed by atoms with Crippen molar-refractivity contribution in [3.8, 4) is 0 Å². The van der Waals surface area contributed by atoms with Crippen molar-refractivity contribution in [1.82, 2.24) is 9.21 Å². The van der Waals surface area contributed by atoms with E-state index in [1.807, 2.05) is 32.0 Å². The molecule has 0 aliphatic carbocycles. The number of aryl methyl sites for hydroxylation is 3. The van der Waals surface area contributed by atoms with Crippen LogP contribution in [0.4, 0.5) is 5.69 Å². The highest BCUT2D eigenvalue weighted by molar-refractivity contribution is 7.89. The van der Waals surface area contributed by atoms with E-state index in [2.05, 4.69) is 0 Å². The Kier molecular flexibility index (Phi) is 6.75. The number of piperazine rings is 1. The van der Waals surface area contributed by atoms with E-state index in [9.17, 15) is 13.2 Å². The molecule has 0 saturated carbocycles. The predicted octanol–water partition coefficient (Wildman–Crippen LogP) is 2.76. The molecule has 28 heavy (non-hydrogen) atoms. The molecule has 1 amide bonds. The zero-order valence-electron chi connectivity index (χ0n) is 16.3. The lowest BCUT2D eigenvalue weighted by Crippen LogP contribution is -2.50. The van der Waals surface area contributed by atoms with Gasteiger partial charge in [0.1, 0.15) is 0 Å². The van der Waals surface area contributed by atoms with Gasteiger partial charge in [0, 0.05) is 37.4 Å². The average molecular weight is 424 g/mol. The Hall–Kier alpha value is -2.09. The van der Waals surface area contributed by atoms with Crippen LogP contribution in [0.3, 0.4) is 0 Å². The third kappa shape index (κ3) is 4.32. The van der Waals surface area contributed by atoms with Gasteiger partial charge in [0.05, 0.1) is 4.90 Å². The maximum Gasteiger partial charge on any atom is 0.254 e. The number of nitrogens with zero attached hydrogens (tertiary/aromatic N) is 2. The largest absolute Gasteiger partial charge is 0.399 e. The number of halogens is 1. The number of carbonyl (C=O) groups is 1. The summed E-state index contributed by atoms with van der Waals surface area (Å²) < 4.78 is 27.5. The summed E-state index contributed by atoms with van der Waals surface area (Å²) in [4.78, 5) is 14.8. The number of carbonyl (C=O) groups excluding carboxylic acids is 1. The summed E-state index contributed by atoms with van der Waals surface area (Å²) in [5.74, 6) is -0.108. The molecule has 1 fully saturated rings. The van der Waals surface area contributed by atoms with Crippen LogP contribution in [0.1, 0.15) is 27.0 Å².